The van der Waals surface area contributed by atoms with E-state index in [1.54, 1.807) is 42.3 Å². The molecule has 170 valence electrons. The number of nitrogens with zero attached hydrogens (tertiary/aromatic N) is 1. The number of amides is 1. The van der Waals surface area contributed by atoms with Gasteiger partial charge in [-0.3, -0.25) is 14.9 Å². The van der Waals surface area contributed by atoms with Crippen LogP contribution in [-0.4, -0.2) is 74.7 Å². The van der Waals surface area contributed by atoms with Crippen molar-refractivity contribution in [3.05, 3.63) is 35.9 Å². The number of ether oxygens (including phenoxy) is 1. The summed E-state index contributed by atoms with van der Waals surface area (Å²) < 4.78 is 5.06. The van der Waals surface area contributed by atoms with E-state index in [0.717, 1.165) is 17.1 Å². The van der Waals surface area contributed by atoms with Crippen LogP contribution in [0.2, 0.25) is 0 Å². The van der Waals surface area contributed by atoms with Gasteiger partial charge in [0.15, 0.2) is 0 Å². The van der Waals surface area contributed by atoms with Crippen molar-refractivity contribution in [2.45, 2.75) is 55.3 Å². The number of aliphatic carboxylic acids is 1. The Bertz CT molecular complexity index is 785. The molecule has 2 aliphatic rings. The zero-order valence-corrected chi connectivity index (χ0v) is 19.5. The Balaban J connectivity index is 1.66. The van der Waals surface area contributed by atoms with E-state index in [2.05, 4.69) is 5.32 Å². The zero-order chi connectivity index (χ0) is 22.4. The number of nitrogens with one attached hydrogen (secondary N) is 1. The summed E-state index contributed by atoms with van der Waals surface area (Å²) in [5, 5.41) is 12.6. The molecule has 0 radical (unpaired) electrons. The van der Waals surface area contributed by atoms with Gasteiger partial charge in [-0.2, -0.15) is 0 Å². The maximum atomic E-state index is 13.3. The Kier molecular flexibility index (Phi) is 8.30. The zero-order valence-electron chi connectivity index (χ0n) is 17.9. The maximum Gasteiger partial charge on any atom is 0.328 e. The Morgan fingerprint density at radius 3 is 2.55 bits per heavy atom. The molecule has 9 heteroatoms. The maximum absolute atomic E-state index is 13.3. The largest absolute Gasteiger partial charge is 0.480 e. The van der Waals surface area contributed by atoms with Gasteiger partial charge < -0.3 is 14.7 Å². The van der Waals surface area contributed by atoms with Crippen molar-refractivity contribution in [3.63, 3.8) is 0 Å². The van der Waals surface area contributed by atoms with Crippen LogP contribution < -0.4 is 5.32 Å². The average Bonchev–Trinajstić information content (AvgIpc) is 3.38. The fourth-order valence-corrected chi connectivity index (χ4v) is 7.34. The van der Waals surface area contributed by atoms with Crippen molar-refractivity contribution in [1.29, 1.82) is 0 Å². The van der Waals surface area contributed by atoms with E-state index in [0.29, 0.717) is 25.8 Å². The predicted molar refractivity (Wildman–Crippen MR) is 123 cm³/mol. The Morgan fingerprint density at radius 1 is 1.26 bits per heavy atom. The normalized spacial score (nSPS) is 21.7. The SMILES string of the molecule is CCOC(=O)[C@@H]1CC2(CN1C(=O)[C@H](C)N[C@@H](CCc1ccccc1)C(=O)O)SCCS2. The quantitative estimate of drug-likeness (QED) is 0.536. The summed E-state index contributed by atoms with van der Waals surface area (Å²) in [5.74, 6) is 0.367. The first-order valence-corrected chi connectivity index (χ1v) is 12.6. The number of carbonyl (C=O) groups excluding carboxylic acids is 2. The number of carbonyl (C=O) groups is 3. The molecule has 0 aromatic heterocycles. The Morgan fingerprint density at radius 2 is 1.94 bits per heavy atom. The fraction of sp³-hybridized carbons (Fsp3) is 0.591. The third kappa shape index (κ3) is 5.96. The van der Waals surface area contributed by atoms with Crippen molar-refractivity contribution in [2.75, 3.05) is 24.7 Å². The van der Waals surface area contributed by atoms with E-state index < -0.39 is 24.1 Å². The molecule has 2 saturated heterocycles. The third-order valence-electron chi connectivity index (χ3n) is 5.63. The van der Waals surface area contributed by atoms with Crippen LogP contribution in [0, 0.1) is 0 Å². The first-order chi connectivity index (χ1) is 14.8. The van der Waals surface area contributed by atoms with Gasteiger partial charge in [-0.15, -0.1) is 23.5 Å². The van der Waals surface area contributed by atoms with Gasteiger partial charge in [-0.1, -0.05) is 30.3 Å². The van der Waals surface area contributed by atoms with Crippen LogP contribution >= 0.6 is 23.5 Å². The van der Waals surface area contributed by atoms with Crippen LogP contribution in [0.5, 0.6) is 0 Å². The number of rotatable bonds is 9. The second-order valence-corrected chi connectivity index (χ2v) is 11.1. The average molecular weight is 467 g/mol. The second-order valence-electron chi connectivity index (χ2n) is 7.85. The minimum absolute atomic E-state index is 0.174. The molecular formula is C22H30N2O5S2. The number of thioether (sulfide) groups is 2. The van der Waals surface area contributed by atoms with E-state index in [9.17, 15) is 19.5 Å². The molecule has 2 heterocycles. The van der Waals surface area contributed by atoms with Crippen molar-refractivity contribution in [1.82, 2.24) is 10.2 Å². The summed E-state index contributed by atoms with van der Waals surface area (Å²) >= 11 is 3.59. The number of benzene rings is 1. The van der Waals surface area contributed by atoms with Crippen LogP contribution in [0.4, 0.5) is 0 Å². The molecule has 0 aliphatic carbocycles. The summed E-state index contributed by atoms with van der Waals surface area (Å²) in [4.78, 5) is 39.2. The lowest BCUT2D eigenvalue weighted by molar-refractivity contribution is -0.153. The van der Waals surface area contributed by atoms with Gasteiger partial charge in [0.2, 0.25) is 5.91 Å². The first kappa shape index (κ1) is 23.9. The molecule has 2 fully saturated rings. The molecule has 1 amide bonds. The molecule has 31 heavy (non-hydrogen) atoms. The molecule has 7 nitrogen and oxygen atoms in total. The van der Waals surface area contributed by atoms with E-state index in [4.69, 9.17) is 4.74 Å². The van der Waals surface area contributed by atoms with Crippen molar-refractivity contribution in [2.24, 2.45) is 0 Å². The fourth-order valence-electron chi connectivity index (χ4n) is 4.08. The Hall–Kier alpha value is -1.71. The topological polar surface area (TPSA) is 95.9 Å². The standard InChI is InChI=1S/C22H30N2O5S2/c1-3-29-21(28)18-13-22(30-11-12-31-22)14-24(18)19(25)15(2)23-17(20(26)27)10-9-16-7-5-4-6-8-16/h4-8,15,17-18,23H,3,9-14H2,1-2H3,(H,26,27)/t15-,17-,18-/m0/s1. The van der Waals surface area contributed by atoms with Crippen molar-refractivity contribution >= 4 is 41.4 Å². The summed E-state index contributed by atoms with van der Waals surface area (Å²) in [6.07, 6.45) is 1.53. The molecule has 0 unspecified atom stereocenters. The smallest absolute Gasteiger partial charge is 0.328 e. The van der Waals surface area contributed by atoms with Crippen LogP contribution in [0.15, 0.2) is 30.3 Å². The third-order valence-corrected chi connectivity index (χ3v) is 9.06. The molecule has 3 rings (SSSR count). The van der Waals surface area contributed by atoms with Crippen molar-refractivity contribution in [3.8, 4) is 0 Å². The molecule has 1 aromatic carbocycles. The molecule has 1 aromatic rings. The van der Waals surface area contributed by atoms with E-state index in [-0.39, 0.29) is 22.6 Å². The highest BCUT2D eigenvalue weighted by molar-refractivity contribution is 8.21. The van der Waals surface area contributed by atoms with Crippen LogP contribution in [0.25, 0.3) is 0 Å². The monoisotopic (exact) mass is 466 g/mol. The molecule has 2 aliphatic heterocycles. The lowest BCUT2D eigenvalue weighted by atomic mass is 10.0. The van der Waals surface area contributed by atoms with Gasteiger partial charge in [0.1, 0.15) is 12.1 Å². The number of hydrogen-bond acceptors (Lipinski definition) is 7. The lowest BCUT2D eigenvalue weighted by Gasteiger charge is -2.28. The van der Waals surface area contributed by atoms with E-state index >= 15 is 0 Å². The number of aryl methyl sites for hydroxylation is 1. The molecule has 3 atom stereocenters. The van der Waals surface area contributed by atoms with Gasteiger partial charge in [0, 0.05) is 24.5 Å². The summed E-state index contributed by atoms with van der Waals surface area (Å²) in [7, 11) is 0. The minimum atomic E-state index is -0.989. The summed E-state index contributed by atoms with van der Waals surface area (Å²) in [6.45, 7) is 4.16. The van der Waals surface area contributed by atoms with Crippen LogP contribution in [-0.2, 0) is 25.5 Å². The van der Waals surface area contributed by atoms with Crippen molar-refractivity contribution < 1.29 is 24.2 Å². The van der Waals surface area contributed by atoms with Gasteiger partial charge in [0.05, 0.1) is 16.7 Å². The molecule has 2 N–H and O–H groups in total. The lowest BCUT2D eigenvalue weighted by Crippen LogP contribution is -2.53. The van der Waals surface area contributed by atoms with Gasteiger partial charge in [0.25, 0.3) is 0 Å². The number of carboxylic acid groups (broad SMARTS) is 1. The molecule has 1 spiro atoms. The summed E-state index contributed by atoms with van der Waals surface area (Å²) in [6, 6.07) is 7.47. The van der Waals surface area contributed by atoms with Gasteiger partial charge >= 0.3 is 11.9 Å². The number of esters is 1. The van der Waals surface area contributed by atoms with E-state index in [1.807, 2.05) is 30.3 Å². The first-order valence-electron chi connectivity index (χ1n) is 10.6. The van der Waals surface area contributed by atoms with E-state index in [1.165, 1.54) is 0 Å². The molecule has 0 bridgehead atoms. The van der Waals surface area contributed by atoms with Gasteiger partial charge in [-0.25, -0.2) is 4.79 Å². The highest BCUT2D eigenvalue weighted by Gasteiger charge is 2.52. The molecular weight excluding hydrogens is 436 g/mol. The molecule has 0 saturated carbocycles. The predicted octanol–water partition coefficient (Wildman–Crippen LogP) is 2.39. The highest BCUT2D eigenvalue weighted by atomic mass is 32.2. The number of likely N-dealkylation sites (tertiary alicyclic amines) is 1. The van der Waals surface area contributed by atoms with Gasteiger partial charge in [-0.05, 0) is 32.3 Å². The minimum Gasteiger partial charge on any atom is -0.480 e. The second kappa shape index (κ2) is 10.7. The number of hydrogen-bond donors (Lipinski definition) is 2. The van der Waals surface area contributed by atoms with Crippen LogP contribution in [0.1, 0.15) is 32.3 Å². The van der Waals surface area contributed by atoms with Crippen LogP contribution in [0.3, 0.4) is 0 Å². The number of carboxylic acids is 1. The highest BCUT2D eigenvalue weighted by Crippen LogP contribution is 2.52. The Labute approximate surface area is 191 Å². The summed E-state index contributed by atoms with van der Waals surface area (Å²) in [5.41, 5.74) is 1.05.